The number of imidazole rings is 1. The molecule has 0 saturated heterocycles. The molecule has 2 aromatic rings. The number of nitrogens with zero attached hydrogens (tertiary/aromatic N) is 2. The molecule has 1 aliphatic rings. The van der Waals surface area contributed by atoms with E-state index in [2.05, 4.69) is 46.8 Å². The van der Waals surface area contributed by atoms with Gasteiger partial charge in [-0.3, -0.25) is 0 Å². The molecule has 2 nitrogen and oxygen atoms in total. The topological polar surface area (TPSA) is 17.8 Å². The third-order valence-corrected chi connectivity index (χ3v) is 3.36. The van der Waals surface area contributed by atoms with Gasteiger partial charge >= 0.3 is 0 Å². The zero-order chi connectivity index (χ0) is 11.0. The normalized spacial score (nSPS) is 19.4. The lowest BCUT2D eigenvalue weighted by molar-refractivity contribution is 0.396. The minimum Gasteiger partial charge on any atom is -0.328 e. The van der Waals surface area contributed by atoms with Crippen molar-refractivity contribution in [3.05, 3.63) is 42.4 Å². The van der Waals surface area contributed by atoms with Crippen molar-refractivity contribution in [3.63, 3.8) is 0 Å². The van der Waals surface area contributed by atoms with Crippen LogP contribution in [0.1, 0.15) is 19.2 Å². The van der Waals surface area contributed by atoms with Crippen molar-refractivity contribution in [3.8, 4) is 11.3 Å². The number of aryl methyl sites for hydroxylation is 1. The van der Waals surface area contributed by atoms with Crippen LogP contribution >= 0.6 is 0 Å². The maximum absolute atomic E-state index is 4.53. The zero-order valence-electron chi connectivity index (χ0n) is 9.56. The van der Waals surface area contributed by atoms with Crippen LogP contribution in [0.3, 0.4) is 0 Å². The number of rotatable bonds is 1. The number of benzene rings is 1. The van der Waals surface area contributed by atoms with Crippen LogP contribution in [0.5, 0.6) is 0 Å². The van der Waals surface area contributed by atoms with Crippen molar-refractivity contribution in [2.24, 2.45) is 5.92 Å². The molecule has 2 heteroatoms. The van der Waals surface area contributed by atoms with Crippen LogP contribution in [0.2, 0.25) is 0 Å². The lowest BCUT2D eigenvalue weighted by atomic mass is 10.0. The van der Waals surface area contributed by atoms with Crippen molar-refractivity contribution >= 4 is 0 Å². The molecule has 0 fully saturated rings. The fourth-order valence-corrected chi connectivity index (χ4v) is 2.44. The van der Waals surface area contributed by atoms with Crippen molar-refractivity contribution in [1.82, 2.24) is 9.55 Å². The van der Waals surface area contributed by atoms with E-state index >= 15 is 0 Å². The standard InChI is InChI=1S/C14H16N2/c1-11-7-8-14-15-9-13(16(14)10-11)12-5-3-2-4-6-12/h2-6,9,11H,7-8,10H2,1H3. The molecule has 1 unspecified atom stereocenters. The predicted octanol–water partition coefficient (Wildman–Crippen LogP) is 3.13. The fraction of sp³-hybridized carbons (Fsp3) is 0.357. The Morgan fingerprint density at radius 1 is 1.25 bits per heavy atom. The maximum Gasteiger partial charge on any atom is 0.109 e. The summed E-state index contributed by atoms with van der Waals surface area (Å²) in [6.07, 6.45) is 4.40. The third-order valence-electron chi connectivity index (χ3n) is 3.36. The number of fused-ring (bicyclic) bond motifs is 1. The molecule has 0 saturated carbocycles. The minimum atomic E-state index is 0.768. The lowest BCUT2D eigenvalue weighted by Gasteiger charge is -2.22. The number of hydrogen-bond acceptors (Lipinski definition) is 1. The largest absolute Gasteiger partial charge is 0.328 e. The molecule has 2 heterocycles. The van der Waals surface area contributed by atoms with E-state index in [4.69, 9.17) is 0 Å². The van der Waals surface area contributed by atoms with E-state index in [1.54, 1.807) is 0 Å². The molecule has 3 rings (SSSR count). The van der Waals surface area contributed by atoms with Crippen molar-refractivity contribution < 1.29 is 0 Å². The molecule has 0 radical (unpaired) electrons. The predicted molar refractivity (Wildman–Crippen MR) is 65.1 cm³/mol. The first-order chi connectivity index (χ1) is 7.84. The smallest absolute Gasteiger partial charge is 0.109 e. The van der Waals surface area contributed by atoms with Crippen LogP contribution in [0.15, 0.2) is 36.5 Å². The summed E-state index contributed by atoms with van der Waals surface area (Å²) in [5, 5.41) is 0. The highest BCUT2D eigenvalue weighted by molar-refractivity contribution is 5.59. The van der Waals surface area contributed by atoms with Gasteiger partial charge in [0.25, 0.3) is 0 Å². The molecule has 0 bridgehead atoms. The van der Waals surface area contributed by atoms with E-state index in [0.717, 1.165) is 18.9 Å². The quantitative estimate of drug-likeness (QED) is 0.710. The van der Waals surface area contributed by atoms with E-state index < -0.39 is 0 Å². The average Bonchev–Trinajstić information content (AvgIpc) is 2.73. The van der Waals surface area contributed by atoms with Crippen LogP contribution < -0.4 is 0 Å². The molecule has 16 heavy (non-hydrogen) atoms. The number of hydrogen-bond donors (Lipinski definition) is 0. The Labute approximate surface area is 95.9 Å². The second-order valence-electron chi connectivity index (χ2n) is 4.68. The van der Waals surface area contributed by atoms with E-state index in [0.29, 0.717) is 0 Å². The highest BCUT2D eigenvalue weighted by atomic mass is 15.1. The summed E-state index contributed by atoms with van der Waals surface area (Å²) in [5.74, 6) is 2.01. The SMILES string of the molecule is CC1CCc2ncc(-c3ccccc3)n2C1. The molecule has 82 valence electrons. The van der Waals surface area contributed by atoms with Gasteiger partial charge in [-0.15, -0.1) is 0 Å². The molecule has 0 N–H and O–H groups in total. The van der Waals surface area contributed by atoms with E-state index in [1.807, 2.05) is 6.20 Å². The van der Waals surface area contributed by atoms with Crippen molar-refractivity contribution in [1.29, 1.82) is 0 Å². The summed E-state index contributed by atoms with van der Waals surface area (Å²) in [6.45, 7) is 3.43. The molecule has 1 aromatic carbocycles. The highest BCUT2D eigenvalue weighted by Gasteiger charge is 2.18. The maximum atomic E-state index is 4.53. The van der Waals surface area contributed by atoms with Crippen LogP contribution in [-0.2, 0) is 13.0 Å². The molecule has 1 aliphatic heterocycles. The van der Waals surface area contributed by atoms with Gasteiger partial charge in [0.1, 0.15) is 5.82 Å². The third kappa shape index (κ3) is 1.54. The first-order valence-corrected chi connectivity index (χ1v) is 5.94. The second kappa shape index (κ2) is 3.78. The van der Waals surface area contributed by atoms with Gasteiger partial charge in [0, 0.05) is 13.0 Å². The summed E-state index contributed by atoms with van der Waals surface area (Å²) >= 11 is 0. The van der Waals surface area contributed by atoms with Gasteiger partial charge in [-0.2, -0.15) is 0 Å². The van der Waals surface area contributed by atoms with E-state index in [1.165, 1.54) is 23.5 Å². The summed E-state index contributed by atoms with van der Waals surface area (Å²) in [4.78, 5) is 4.53. The van der Waals surface area contributed by atoms with Gasteiger partial charge in [-0.1, -0.05) is 37.3 Å². The van der Waals surface area contributed by atoms with E-state index in [-0.39, 0.29) is 0 Å². The van der Waals surface area contributed by atoms with Gasteiger partial charge in [0.15, 0.2) is 0 Å². The van der Waals surface area contributed by atoms with Gasteiger partial charge in [0.05, 0.1) is 11.9 Å². The molecule has 0 aliphatic carbocycles. The molecular weight excluding hydrogens is 196 g/mol. The Hall–Kier alpha value is -1.57. The Balaban J connectivity index is 2.07. The first-order valence-electron chi connectivity index (χ1n) is 5.94. The Bertz CT molecular complexity index is 485. The molecule has 1 atom stereocenters. The zero-order valence-corrected chi connectivity index (χ0v) is 9.56. The Kier molecular flexibility index (Phi) is 2.28. The lowest BCUT2D eigenvalue weighted by Crippen LogP contribution is -2.18. The highest BCUT2D eigenvalue weighted by Crippen LogP contribution is 2.26. The van der Waals surface area contributed by atoms with Crippen molar-refractivity contribution in [2.75, 3.05) is 0 Å². The molecule has 0 spiro atoms. The van der Waals surface area contributed by atoms with Crippen LogP contribution in [-0.4, -0.2) is 9.55 Å². The average molecular weight is 212 g/mol. The Morgan fingerprint density at radius 3 is 2.88 bits per heavy atom. The van der Waals surface area contributed by atoms with Gasteiger partial charge in [-0.25, -0.2) is 4.98 Å². The van der Waals surface area contributed by atoms with E-state index in [9.17, 15) is 0 Å². The molecular formula is C14H16N2. The van der Waals surface area contributed by atoms with Crippen LogP contribution in [0, 0.1) is 5.92 Å². The monoisotopic (exact) mass is 212 g/mol. The summed E-state index contributed by atoms with van der Waals surface area (Å²) in [6, 6.07) is 10.5. The first kappa shape index (κ1) is 9.64. The molecule has 0 amide bonds. The summed E-state index contributed by atoms with van der Waals surface area (Å²) < 4.78 is 2.38. The van der Waals surface area contributed by atoms with Crippen LogP contribution in [0.25, 0.3) is 11.3 Å². The van der Waals surface area contributed by atoms with Gasteiger partial charge in [0.2, 0.25) is 0 Å². The summed E-state index contributed by atoms with van der Waals surface area (Å²) in [7, 11) is 0. The van der Waals surface area contributed by atoms with Crippen LogP contribution in [0.4, 0.5) is 0 Å². The fourth-order valence-electron chi connectivity index (χ4n) is 2.44. The molecule has 1 aromatic heterocycles. The van der Waals surface area contributed by atoms with Gasteiger partial charge in [-0.05, 0) is 17.9 Å². The second-order valence-corrected chi connectivity index (χ2v) is 4.68. The van der Waals surface area contributed by atoms with Gasteiger partial charge < -0.3 is 4.57 Å². The Morgan fingerprint density at radius 2 is 2.06 bits per heavy atom. The summed E-state index contributed by atoms with van der Waals surface area (Å²) in [5.41, 5.74) is 2.54. The number of aromatic nitrogens is 2. The van der Waals surface area contributed by atoms with Crippen molar-refractivity contribution in [2.45, 2.75) is 26.3 Å². The minimum absolute atomic E-state index is 0.768.